The molecule has 0 fully saturated rings. The molecule has 0 heterocycles. The minimum Gasteiger partial charge on any atom is -0.348 e. The van der Waals surface area contributed by atoms with Crippen LogP contribution in [-0.2, 0) is 19.1 Å². The molecule has 0 radical (unpaired) electrons. The molecule has 5 nitrogen and oxygen atoms in total. The molecule has 0 aliphatic carbocycles. The van der Waals surface area contributed by atoms with Crippen molar-refractivity contribution in [3.63, 3.8) is 0 Å². The molecule has 2 N–H and O–H groups in total. The first-order valence-electron chi connectivity index (χ1n) is 4.65. The van der Waals surface area contributed by atoms with Crippen LogP contribution in [0.3, 0.4) is 0 Å². The van der Waals surface area contributed by atoms with Gasteiger partial charge in [-0.1, -0.05) is 30.3 Å². The van der Waals surface area contributed by atoms with Crippen LogP contribution in [0.25, 0.3) is 0 Å². The van der Waals surface area contributed by atoms with E-state index in [-0.39, 0.29) is 6.47 Å². The second-order valence-corrected chi connectivity index (χ2v) is 5.06. The zero-order valence-electron chi connectivity index (χ0n) is 8.74. The fourth-order valence-electron chi connectivity index (χ4n) is 1.49. The van der Waals surface area contributed by atoms with Gasteiger partial charge in [0.25, 0.3) is 0 Å². The van der Waals surface area contributed by atoms with Gasteiger partial charge in [0.15, 0.2) is 0 Å². The molecule has 0 aromatic heterocycles. The molecule has 0 bridgehead atoms. The zero-order valence-corrected chi connectivity index (χ0v) is 9.55. The summed E-state index contributed by atoms with van der Waals surface area (Å²) in [7, 11) is -4.02. The number of carbonyl (C=O) groups excluding carboxylic acids is 1. The molecule has 6 heteroatoms. The molecule has 1 aromatic carbocycles. The van der Waals surface area contributed by atoms with E-state index in [2.05, 4.69) is 4.18 Å². The molecule has 2 unspecified atom stereocenters. The van der Waals surface area contributed by atoms with E-state index < -0.39 is 21.4 Å². The fraction of sp³-hybridized carbons (Fsp3) is 0.300. The van der Waals surface area contributed by atoms with Crippen LogP contribution in [-0.4, -0.2) is 20.9 Å². The molecule has 0 aliphatic heterocycles. The van der Waals surface area contributed by atoms with Crippen LogP contribution in [0.15, 0.2) is 30.3 Å². The molecule has 88 valence electrons. The first-order chi connectivity index (χ1) is 7.49. The number of benzene rings is 1. The molecular weight excluding hydrogens is 230 g/mol. The van der Waals surface area contributed by atoms with E-state index in [1.54, 1.807) is 37.3 Å². The first kappa shape index (κ1) is 12.7. The summed E-state index contributed by atoms with van der Waals surface area (Å²) in [6, 6.07) is 7.73. The maximum absolute atomic E-state index is 11.6. The highest BCUT2D eigenvalue weighted by atomic mass is 32.2. The third kappa shape index (κ3) is 2.80. The smallest absolute Gasteiger partial charge is 0.320 e. The molecule has 0 spiro atoms. The summed E-state index contributed by atoms with van der Waals surface area (Å²) in [5, 5.41) is -1.04. The number of rotatable bonds is 5. The van der Waals surface area contributed by atoms with E-state index in [0.717, 1.165) is 0 Å². The van der Waals surface area contributed by atoms with E-state index in [1.165, 1.54) is 0 Å². The maximum atomic E-state index is 11.6. The Bertz CT molecular complexity index is 441. The Morgan fingerprint density at radius 3 is 2.31 bits per heavy atom. The van der Waals surface area contributed by atoms with Gasteiger partial charge in [-0.05, 0) is 12.5 Å². The number of carbonyl (C=O) groups is 1. The Morgan fingerprint density at radius 2 is 1.88 bits per heavy atom. The van der Waals surface area contributed by atoms with Crippen molar-refractivity contribution < 1.29 is 17.4 Å². The molecule has 0 amide bonds. The van der Waals surface area contributed by atoms with Gasteiger partial charge in [-0.15, -0.1) is 0 Å². The van der Waals surface area contributed by atoms with Crippen molar-refractivity contribution in [3.8, 4) is 0 Å². The van der Waals surface area contributed by atoms with Gasteiger partial charge in [0.05, 0.1) is 0 Å². The predicted molar refractivity (Wildman–Crippen MR) is 58.9 cm³/mol. The zero-order chi connectivity index (χ0) is 12.2. The van der Waals surface area contributed by atoms with E-state index in [9.17, 15) is 13.2 Å². The first-order valence-corrected chi connectivity index (χ1v) is 6.12. The normalized spacial score (nSPS) is 15.1. The number of hydrogen-bond acceptors (Lipinski definition) is 5. The fourth-order valence-corrected chi connectivity index (χ4v) is 2.74. The van der Waals surface area contributed by atoms with Gasteiger partial charge in [0, 0.05) is 6.04 Å². The summed E-state index contributed by atoms with van der Waals surface area (Å²) in [5.41, 5.74) is 6.11. The van der Waals surface area contributed by atoms with E-state index in [0.29, 0.717) is 5.56 Å². The summed E-state index contributed by atoms with van der Waals surface area (Å²) in [4.78, 5) is 10.1. The second kappa shape index (κ2) is 5.09. The minimum absolute atomic E-state index is 0.104. The van der Waals surface area contributed by atoms with Gasteiger partial charge in [0.2, 0.25) is 0 Å². The highest BCUT2D eigenvalue weighted by molar-refractivity contribution is 7.87. The number of nitrogens with two attached hydrogens (primary N) is 1. The van der Waals surface area contributed by atoms with Crippen molar-refractivity contribution in [2.75, 3.05) is 0 Å². The van der Waals surface area contributed by atoms with Gasteiger partial charge in [0.1, 0.15) is 5.25 Å². The van der Waals surface area contributed by atoms with Gasteiger partial charge < -0.3 is 9.92 Å². The van der Waals surface area contributed by atoms with Crippen LogP contribution in [0.5, 0.6) is 0 Å². The van der Waals surface area contributed by atoms with Crippen LogP contribution in [0.1, 0.15) is 17.7 Å². The highest BCUT2D eigenvalue weighted by Crippen LogP contribution is 2.25. The standard InChI is InChI=1S/C10H13NO4S/c1-8(11)10(16(13,14)15-7-12)9-5-3-2-4-6-9/h2-8,10H,11H2,1H3. The highest BCUT2D eigenvalue weighted by Gasteiger charge is 2.32. The Balaban J connectivity index is 3.16. The Hall–Kier alpha value is -1.40. The van der Waals surface area contributed by atoms with Crippen LogP contribution < -0.4 is 5.73 Å². The quantitative estimate of drug-likeness (QED) is 0.603. The van der Waals surface area contributed by atoms with Crippen LogP contribution in [0, 0.1) is 0 Å². The molecule has 1 aromatic rings. The average Bonchev–Trinajstić information content (AvgIpc) is 2.17. The topological polar surface area (TPSA) is 86.5 Å². The molecule has 2 atom stereocenters. The summed E-state index contributed by atoms with van der Waals surface area (Å²) in [5.74, 6) is 0. The van der Waals surface area contributed by atoms with Crippen molar-refractivity contribution in [1.82, 2.24) is 0 Å². The predicted octanol–water partition coefficient (Wildman–Crippen LogP) is 0.578. The molecular formula is C10H13NO4S. The molecule has 0 aliphatic rings. The minimum atomic E-state index is -4.02. The summed E-state index contributed by atoms with van der Waals surface area (Å²) < 4.78 is 27.4. The lowest BCUT2D eigenvalue weighted by molar-refractivity contribution is -0.120. The lowest BCUT2D eigenvalue weighted by Gasteiger charge is -2.19. The monoisotopic (exact) mass is 243 g/mol. The van der Waals surface area contributed by atoms with Crippen molar-refractivity contribution in [2.24, 2.45) is 5.73 Å². The summed E-state index contributed by atoms with van der Waals surface area (Å²) in [6.07, 6.45) is 0. The third-order valence-electron chi connectivity index (χ3n) is 2.09. The molecule has 16 heavy (non-hydrogen) atoms. The molecule has 1 rings (SSSR count). The van der Waals surface area contributed by atoms with Crippen molar-refractivity contribution in [2.45, 2.75) is 18.2 Å². The van der Waals surface area contributed by atoms with Crippen LogP contribution in [0.4, 0.5) is 0 Å². The maximum Gasteiger partial charge on any atom is 0.320 e. The lowest BCUT2D eigenvalue weighted by atomic mass is 10.1. The summed E-state index contributed by atoms with van der Waals surface area (Å²) in [6.45, 7) is 1.44. The van der Waals surface area contributed by atoms with Crippen molar-refractivity contribution in [3.05, 3.63) is 35.9 Å². The van der Waals surface area contributed by atoms with Gasteiger partial charge in [-0.2, -0.15) is 8.42 Å². The number of hydrogen-bond donors (Lipinski definition) is 1. The largest absolute Gasteiger partial charge is 0.348 e. The van der Waals surface area contributed by atoms with E-state index in [1.807, 2.05) is 0 Å². The average molecular weight is 243 g/mol. The third-order valence-corrected chi connectivity index (χ3v) is 3.76. The van der Waals surface area contributed by atoms with Crippen molar-refractivity contribution in [1.29, 1.82) is 0 Å². The van der Waals surface area contributed by atoms with Gasteiger partial charge in [-0.25, -0.2) is 0 Å². The van der Waals surface area contributed by atoms with Crippen LogP contribution in [0.2, 0.25) is 0 Å². The van der Waals surface area contributed by atoms with Gasteiger partial charge in [-0.3, -0.25) is 4.79 Å². The Labute approximate surface area is 94.3 Å². The van der Waals surface area contributed by atoms with Gasteiger partial charge >= 0.3 is 16.6 Å². The Kier molecular flexibility index (Phi) is 4.03. The lowest BCUT2D eigenvalue weighted by Crippen LogP contribution is -2.32. The van der Waals surface area contributed by atoms with Crippen LogP contribution >= 0.6 is 0 Å². The van der Waals surface area contributed by atoms with Crippen molar-refractivity contribution >= 4 is 16.6 Å². The molecule has 0 saturated heterocycles. The summed E-state index contributed by atoms with van der Waals surface area (Å²) >= 11 is 0. The second-order valence-electron chi connectivity index (χ2n) is 3.38. The molecule has 0 saturated carbocycles. The van der Waals surface area contributed by atoms with E-state index in [4.69, 9.17) is 5.73 Å². The van der Waals surface area contributed by atoms with E-state index >= 15 is 0 Å². The Morgan fingerprint density at radius 1 is 1.31 bits per heavy atom. The SMILES string of the molecule is CC(N)C(c1ccccc1)S(=O)(=O)OC=O.